The zero-order valence-corrected chi connectivity index (χ0v) is 4.46. The van der Waals surface area contributed by atoms with Gasteiger partial charge in [-0.3, -0.25) is 0 Å². The molecule has 0 aromatic heterocycles. The fourth-order valence-corrected chi connectivity index (χ4v) is 0.511. The summed E-state index contributed by atoms with van der Waals surface area (Å²) in [4.78, 5) is 0. The van der Waals surface area contributed by atoms with Crippen LogP contribution in [0, 0.1) is 0 Å². The monoisotopic (exact) mass is 109 g/mol. The van der Waals surface area contributed by atoms with Crippen LogP contribution in [0.25, 0.3) is 0 Å². The third kappa shape index (κ3) is 0.729. The van der Waals surface area contributed by atoms with Crippen LogP contribution >= 0.6 is 0 Å². The van der Waals surface area contributed by atoms with Crippen molar-refractivity contribution in [2.45, 2.75) is 0 Å². The average Bonchev–Trinajstić information content (AvgIpc) is 1.77. The van der Waals surface area contributed by atoms with E-state index < -0.39 is 0 Å². The first-order valence-corrected chi connectivity index (χ1v) is 2.40. The van der Waals surface area contributed by atoms with Gasteiger partial charge in [-0.25, -0.2) is 0 Å². The molecule has 0 fully saturated rings. The standard InChI is InChI=1S/C6H8N2.H/c7-5-3-1-2-4-6(5)8;/h1-4H,7-8H2;. The van der Waals surface area contributed by atoms with Crippen molar-refractivity contribution in [3.63, 3.8) is 0 Å². The number of para-hydroxylation sites is 2. The second kappa shape index (κ2) is 1.74. The lowest BCUT2D eigenvalue weighted by atomic mass is 10.3. The highest BCUT2D eigenvalue weighted by atomic mass is 14.7. The molecule has 2 heteroatoms. The van der Waals surface area contributed by atoms with Gasteiger partial charge in [-0.2, -0.15) is 0 Å². The van der Waals surface area contributed by atoms with Gasteiger partial charge in [-0.05, 0) is 12.1 Å². The average molecular weight is 109 g/mol. The molecular formula is C6H9N2. The Hall–Kier alpha value is -1.18. The minimum atomic E-state index is 0. The predicted molar refractivity (Wildman–Crippen MR) is 36.4 cm³/mol. The quantitative estimate of drug-likeness (QED) is 0.487. The van der Waals surface area contributed by atoms with E-state index in [0.29, 0.717) is 11.4 Å². The molecule has 1 rings (SSSR count). The first-order chi connectivity index (χ1) is 3.80. The lowest BCUT2D eigenvalue weighted by Gasteiger charge is -1.94. The van der Waals surface area contributed by atoms with E-state index in [1.54, 1.807) is 12.1 Å². The normalized spacial score (nSPS) is 9.00. The van der Waals surface area contributed by atoms with Crippen LogP contribution in [0.3, 0.4) is 0 Å². The highest BCUT2D eigenvalue weighted by Crippen LogP contribution is 2.10. The van der Waals surface area contributed by atoms with Crippen LogP contribution < -0.4 is 11.5 Å². The topological polar surface area (TPSA) is 52.0 Å². The van der Waals surface area contributed by atoms with Gasteiger partial charge < -0.3 is 11.5 Å². The molecule has 0 heterocycles. The summed E-state index contributed by atoms with van der Waals surface area (Å²) in [5, 5.41) is 0. The summed E-state index contributed by atoms with van der Waals surface area (Å²) in [6.07, 6.45) is 0. The smallest absolute Gasteiger partial charge is 0.0547 e. The van der Waals surface area contributed by atoms with Gasteiger partial charge in [-0.1, -0.05) is 12.1 Å². The van der Waals surface area contributed by atoms with Crippen molar-refractivity contribution in [3.05, 3.63) is 24.3 Å². The van der Waals surface area contributed by atoms with Crippen molar-refractivity contribution in [1.29, 1.82) is 0 Å². The van der Waals surface area contributed by atoms with Crippen LogP contribution in [0.1, 0.15) is 1.43 Å². The second-order valence-electron chi connectivity index (χ2n) is 1.63. The number of nitrogen functional groups attached to an aromatic ring is 2. The molecular weight excluding hydrogens is 100 g/mol. The molecule has 8 heavy (non-hydrogen) atoms. The van der Waals surface area contributed by atoms with Gasteiger partial charge in [-0.15, -0.1) is 0 Å². The van der Waals surface area contributed by atoms with E-state index in [1.807, 2.05) is 12.1 Å². The van der Waals surface area contributed by atoms with Crippen molar-refractivity contribution < 1.29 is 1.43 Å². The largest absolute Gasteiger partial charge is 0.397 e. The van der Waals surface area contributed by atoms with Crippen LogP contribution in [0.15, 0.2) is 24.3 Å². The van der Waals surface area contributed by atoms with Crippen molar-refractivity contribution in [1.82, 2.24) is 0 Å². The Bertz CT molecular complexity index is 167. The first-order valence-electron chi connectivity index (χ1n) is 2.40. The van der Waals surface area contributed by atoms with Crippen LogP contribution in [0.4, 0.5) is 11.4 Å². The maximum Gasteiger partial charge on any atom is 0.0547 e. The number of hydrogen-bond donors (Lipinski definition) is 2. The van der Waals surface area contributed by atoms with E-state index >= 15 is 0 Å². The molecule has 0 saturated carbocycles. The van der Waals surface area contributed by atoms with Crippen molar-refractivity contribution in [3.8, 4) is 0 Å². The Labute approximate surface area is 49.6 Å². The van der Waals surface area contributed by atoms with E-state index in [9.17, 15) is 0 Å². The molecule has 0 aliphatic heterocycles. The van der Waals surface area contributed by atoms with Gasteiger partial charge in [0.2, 0.25) is 0 Å². The number of anilines is 2. The molecule has 2 nitrogen and oxygen atoms in total. The fraction of sp³-hybridized carbons (Fsp3) is 0. The zero-order chi connectivity index (χ0) is 5.98. The van der Waals surface area contributed by atoms with Gasteiger partial charge in [0.05, 0.1) is 11.4 Å². The number of hydrogen-bond acceptors (Lipinski definition) is 2. The summed E-state index contributed by atoms with van der Waals surface area (Å²) in [5.74, 6) is 0. The molecule has 0 unspecified atom stereocenters. The maximum atomic E-state index is 5.39. The fourth-order valence-electron chi connectivity index (χ4n) is 0.511. The Balaban J connectivity index is 0.000000640. The minimum Gasteiger partial charge on any atom is -0.397 e. The van der Waals surface area contributed by atoms with E-state index in [2.05, 4.69) is 0 Å². The number of rotatable bonds is 0. The van der Waals surface area contributed by atoms with E-state index in [0.717, 1.165) is 0 Å². The van der Waals surface area contributed by atoms with Crippen LogP contribution in [0.2, 0.25) is 0 Å². The summed E-state index contributed by atoms with van der Waals surface area (Å²) in [7, 11) is 0. The molecule has 0 aliphatic rings. The summed E-state index contributed by atoms with van der Waals surface area (Å²) in [6.45, 7) is 0. The Morgan fingerprint density at radius 1 is 1.00 bits per heavy atom. The molecule has 0 spiro atoms. The third-order valence-corrected chi connectivity index (χ3v) is 0.996. The van der Waals surface area contributed by atoms with Gasteiger partial charge in [0.15, 0.2) is 0 Å². The SMILES string of the molecule is Nc1ccccc1N.[H]. The first kappa shape index (κ1) is 4.97. The molecule has 1 radical (unpaired) electrons. The van der Waals surface area contributed by atoms with Crippen LogP contribution in [-0.2, 0) is 0 Å². The summed E-state index contributed by atoms with van der Waals surface area (Å²) >= 11 is 0. The van der Waals surface area contributed by atoms with Crippen molar-refractivity contribution in [2.75, 3.05) is 11.5 Å². The molecule has 0 bridgehead atoms. The maximum absolute atomic E-state index is 5.39. The van der Waals surface area contributed by atoms with Crippen LogP contribution in [-0.4, -0.2) is 0 Å². The van der Waals surface area contributed by atoms with Gasteiger partial charge >= 0.3 is 0 Å². The van der Waals surface area contributed by atoms with Crippen molar-refractivity contribution in [2.24, 2.45) is 0 Å². The van der Waals surface area contributed by atoms with Crippen LogP contribution in [0.5, 0.6) is 0 Å². The second-order valence-corrected chi connectivity index (χ2v) is 1.63. The lowest BCUT2D eigenvalue weighted by molar-refractivity contribution is 1.67. The molecule has 1 aromatic rings. The Morgan fingerprint density at radius 2 is 1.38 bits per heavy atom. The highest BCUT2D eigenvalue weighted by Gasteiger charge is 1.85. The molecule has 0 aliphatic carbocycles. The molecule has 0 amide bonds. The zero-order valence-electron chi connectivity index (χ0n) is 5.46. The Morgan fingerprint density at radius 3 is 1.62 bits per heavy atom. The van der Waals surface area contributed by atoms with E-state index in [1.165, 1.54) is 0 Å². The number of nitrogens with two attached hydrogens (primary N) is 2. The summed E-state index contributed by atoms with van der Waals surface area (Å²) < 4.78 is 0. The van der Waals surface area contributed by atoms with E-state index in [-0.39, 0.29) is 1.43 Å². The van der Waals surface area contributed by atoms with E-state index in [4.69, 9.17) is 11.5 Å². The Kier molecular flexibility index (Phi) is 1.08. The lowest BCUT2D eigenvalue weighted by Crippen LogP contribution is -1.91. The van der Waals surface area contributed by atoms with Crippen molar-refractivity contribution >= 4 is 11.4 Å². The minimum absolute atomic E-state index is 0. The number of benzene rings is 1. The molecule has 0 saturated heterocycles. The molecule has 0 atom stereocenters. The molecule has 43 valence electrons. The van der Waals surface area contributed by atoms with Gasteiger partial charge in [0, 0.05) is 1.43 Å². The highest BCUT2D eigenvalue weighted by molar-refractivity contribution is 5.62. The summed E-state index contributed by atoms with van der Waals surface area (Å²) in [5.41, 5.74) is 12.1. The predicted octanol–water partition coefficient (Wildman–Crippen LogP) is 0.964. The van der Waals surface area contributed by atoms with Gasteiger partial charge in [0.25, 0.3) is 0 Å². The third-order valence-electron chi connectivity index (χ3n) is 0.996. The summed E-state index contributed by atoms with van der Waals surface area (Å²) in [6, 6.07) is 7.25. The molecule has 4 N–H and O–H groups in total. The molecule has 1 aromatic carbocycles. The van der Waals surface area contributed by atoms with Gasteiger partial charge in [0.1, 0.15) is 0 Å².